The number of halogens is 1. The summed E-state index contributed by atoms with van der Waals surface area (Å²) in [5.74, 6) is 0. The molecule has 0 unspecified atom stereocenters. The molecule has 0 aliphatic rings. The standard InChI is InChI=1S/C8H8Br.Rb/c1-2-7-4-3-5-8(9)6-7;/h2-6H,1H3;/q-1;+1. The zero-order valence-corrected chi connectivity index (χ0v) is 12.8. The van der Waals surface area contributed by atoms with E-state index < -0.39 is 0 Å². The minimum absolute atomic E-state index is 0. The molecule has 0 bridgehead atoms. The van der Waals surface area contributed by atoms with E-state index in [0.717, 1.165) is 4.47 Å². The van der Waals surface area contributed by atoms with Crippen molar-refractivity contribution in [3.05, 3.63) is 40.7 Å². The van der Waals surface area contributed by atoms with Crippen molar-refractivity contribution in [1.29, 1.82) is 0 Å². The molecular formula is C8H8BrRb. The van der Waals surface area contributed by atoms with E-state index in [1.807, 2.05) is 19.1 Å². The number of hydrogen-bond acceptors (Lipinski definition) is 0. The van der Waals surface area contributed by atoms with Crippen LogP contribution in [0.3, 0.4) is 0 Å². The van der Waals surface area contributed by atoms with Gasteiger partial charge in [0, 0.05) is 0 Å². The molecule has 0 fully saturated rings. The fourth-order valence-electron chi connectivity index (χ4n) is 0.686. The van der Waals surface area contributed by atoms with Gasteiger partial charge in [0.05, 0.1) is 0 Å². The molecular weight excluding hydrogens is 261 g/mol. The number of rotatable bonds is 1. The van der Waals surface area contributed by atoms with E-state index in [2.05, 4.69) is 34.5 Å². The largest absolute Gasteiger partial charge is 1.00 e. The molecule has 1 aromatic rings. The Morgan fingerprint density at radius 1 is 1.40 bits per heavy atom. The molecule has 0 amide bonds. The maximum atomic E-state index is 3.38. The first-order valence-corrected chi connectivity index (χ1v) is 3.67. The van der Waals surface area contributed by atoms with Crippen LogP contribution in [0.25, 0.3) is 0 Å². The van der Waals surface area contributed by atoms with Crippen LogP contribution in [-0.4, -0.2) is 0 Å². The van der Waals surface area contributed by atoms with Crippen LogP contribution in [0, 0.1) is 6.42 Å². The molecule has 1 rings (SSSR count). The minimum Gasteiger partial charge on any atom is -0.191 e. The van der Waals surface area contributed by atoms with Crippen molar-refractivity contribution < 1.29 is 58.2 Å². The SMILES string of the molecule is C[CH-]c1cccc(Br)c1.[Rb+]. The molecule has 0 heterocycles. The molecule has 0 N–H and O–H groups in total. The fraction of sp³-hybridized carbons (Fsp3) is 0.125. The number of benzene rings is 1. The van der Waals surface area contributed by atoms with Gasteiger partial charge in [0.25, 0.3) is 0 Å². The van der Waals surface area contributed by atoms with Crippen LogP contribution < -0.4 is 58.2 Å². The zero-order chi connectivity index (χ0) is 6.69. The summed E-state index contributed by atoms with van der Waals surface area (Å²) in [7, 11) is 0. The average Bonchev–Trinajstić information content (AvgIpc) is 1.88. The monoisotopic (exact) mass is 268 g/mol. The van der Waals surface area contributed by atoms with Crippen LogP contribution in [0.15, 0.2) is 28.7 Å². The first-order chi connectivity index (χ1) is 4.33. The Bertz CT molecular complexity index is 198. The van der Waals surface area contributed by atoms with Gasteiger partial charge in [-0.2, -0.15) is 18.1 Å². The fourth-order valence-corrected chi connectivity index (χ4v) is 1.10. The molecule has 0 aliphatic carbocycles. The second kappa shape index (κ2) is 5.95. The zero-order valence-electron chi connectivity index (χ0n) is 6.26. The molecule has 0 aliphatic heterocycles. The van der Waals surface area contributed by atoms with E-state index >= 15 is 0 Å². The van der Waals surface area contributed by atoms with Gasteiger partial charge >= 0.3 is 58.2 Å². The number of hydrogen-bond donors (Lipinski definition) is 0. The van der Waals surface area contributed by atoms with E-state index in [9.17, 15) is 0 Å². The molecule has 0 spiro atoms. The van der Waals surface area contributed by atoms with Crippen LogP contribution in [0.2, 0.25) is 0 Å². The molecule has 1 aromatic carbocycles. The minimum atomic E-state index is 0. The summed E-state index contributed by atoms with van der Waals surface area (Å²) in [6, 6.07) is 8.21. The van der Waals surface area contributed by atoms with Crippen LogP contribution >= 0.6 is 15.9 Å². The van der Waals surface area contributed by atoms with Crippen molar-refractivity contribution >= 4 is 15.9 Å². The average molecular weight is 270 g/mol. The van der Waals surface area contributed by atoms with E-state index in [1.54, 1.807) is 0 Å². The predicted molar refractivity (Wildman–Crippen MR) is 43.2 cm³/mol. The van der Waals surface area contributed by atoms with Gasteiger partial charge in [-0.05, 0) is 4.47 Å². The third-order valence-corrected chi connectivity index (χ3v) is 1.68. The van der Waals surface area contributed by atoms with Crippen molar-refractivity contribution in [3.63, 3.8) is 0 Å². The van der Waals surface area contributed by atoms with E-state index in [-0.39, 0.29) is 58.2 Å². The quantitative estimate of drug-likeness (QED) is 0.631. The molecule has 0 atom stereocenters. The Morgan fingerprint density at radius 2 is 2.10 bits per heavy atom. The molecule has 0 saturated heterocycles. The maximum absolute atomic E-state index is 3.38. The molecule has 0 saturated carbocycles. The van der Waals surface area contributed by atoms with Gasteiger partial charge in [0.15, 0.2) is 0 Å². The van der Waals surface area contributed by atoms with Gasteiger partial charge in [-0.1, -0.05) is 28.9 Å². The maximum Gasteiger partial charge on any atom is 1.00 e. The van der Waals surface area contributed by atoms with E-state index in [1.165, 1.54) is 5.56 Å². The van der Waals surface area contributed by atoms with Crippen LogP contribution in [0.4, 0.5) is 0 Å². The van der Waals surface area contributed by atoms with Gasteiger partial charge in [-0.25, -0.2) is 0 Å². The summed E-state index contributed by atoms with van der Waals surface area (Å²) >= 11 is 3.38. The third kappa shape index (κ3) is 3.68. The molecule has 2 heteroatoms. The molecule has 10 heavy (non-hydrogen) atoms. The topological polar surface area (TPSA) is 0 Å². The summed E-state index contributed by atoms with van der Waals surface area (Å²) < 4.78 is 1.14. The normalized spacial score (nSPS) is 8.20. The van der Waals surface area contributed by atoms with Crippen molar-refractivity contribution in [3.8, 4) is 0 Å². The summed E-state index contributed by atoms with van der Waals surface area (Å²) in [6.45, 7) is 2.03. The Kier molecular flexibility index (Phi) is 6.77. The third-order valence-electron chi connectivity index (χ3n) is 1.18. The summed E-state index contributed by atoms with van der Waals surface area (Å²) in [4.78, 5) is 0. The summed E-state index contributed by atoms with van der Waals surface area (Å²) in [5, 5.41) is 0. The van der Waals surface area contributed by atoms with Crippen molar-refractivity contribution in [1.82, 2.24) is 0 Å². The Hall–Kier alpha value is 1.38. The van der Waals surface area contributed by atoms with E-state index in [4.69, 9.17) is 0 Å². The van der Waals surface area contributed by atoms with Gasteiger partial charge in [-0.3, -0.25) is 0 Å². The molecule has 0 nitrogen and oxygen atoms in total. The summed E-state index contributed by atoms with van der Waals surface area (Å²) in [5.41, 5.74) is 1.25. The first-order valence-electron chi connectivity index (χ1n) is 2.88. The van der Waals surface area contributed by atoms with Crippen molar-refractivity contribution in [2.75, 3.05) is 0 Å². The van der Waals surface area contributed by atoms with Crippen LogP contribution in [-0.2, 0) is 0 Å². The van der Waals surface area contributed by atoms with Crippen molar-refractivity contribution in [2.24, 2.45) is 0 Å². The molecule has 0 radical (unpaired) electrons. The second-order valence-corrected chi connectivity index (χ2v) is 2.76. The van der Waals surface area contributed by atoms with Crippen molar-refractivity contribution in [2.45, 2.75) is 6.92 Å². The van der Waals surface area contributed by atoms with Gasteiger partial charge < -0.3 is 0 Å². The smallest absolute Gasteiger partial charge is 0.191 e. The Labute approximate surface area is 119 Å². The van der Waals surface area contributed by atoms with Gasteiger partial charge in [-0.15, -0.1) is 12.1 Å². The molecule has 0 aromatic heterocycles. The van der Waals surface area contributed by atoms with Gasteiger partial charge in [0.2, 0.25) is 0 Å². The second-order valence-electron chi connectivity index (χ2n) is 1.84. The molecule has 48 valence electrons. The summed E-state index contributed by atoms with van der Waals surface area (Å²) in [6.07, 6.45) is 2.07. The van der Waals surface area contributed by atoms with Crippen LogP contribution in [0.1, 0.15) is 12.5 Å². The van der Waals surface area contributed by atoms with Gasteiger partial charge in [0.1, 0.15) is 0 Å². The Balaban J connectivity index is 0.000000810. The Morgan fingerprint density at radius 3 is 2.50 bits per heavy atom. The predicted octanol–water partition coefficient (Wildman–Crippen LogP) is 0.0254. The van der Waals surface area contributed by atoms with E-state index in [0.29, 0.717) is 0 Å². The van der Waals surface area contributed by atoms with Crippen LogP contribution in [0.5, 0.6) is 0 Å². The first kappa shape index (κ1) is 11.4.